The van der Waals surface area contributed by atoms with Gasteiger partial charge in [0.15, 0.2) is 17.4 Å². The number of benzene rings is 2. The van der Waals surface area contributed by atoms with Crippen LogP contribution in [0.5, 0.6) is 0 Å². The van der Waals surface area contributed by atoms with E-state index in [9.17, 15) is 18.0 Å². The molecule has 0 amide bonds. The molecule has 0 saturated heterocycles. The normalized spacial score (nSPS) is 10.4. The van der Waals surface area contributed by atoms with Crippen molar-refractivity contribution in [3.63, 3.8) is 0 Å². The van der Waals surface area contributed by atoms with Crippen LogP contribution in [0, 0.1) is 17.5 Å². The zero-order valence-electron chi connectivity index (χ0n) is 10.7. The Labute approximate surface area is 114 Å². The Morgan fingerprint density at radius 3 is 2.25 bits per heavy atom. The minimum Gasteiger partial charge on any atom is -0.367 e. The maximum Gasteiger partial charge on any atom is 0.182 e. The minimum absolute atomic E-state index is 0.0172. The summed E-state index contributed by atoms with van der Waals surface area (Å²) in [6, 6.07) is 8.67. The van der Waals surface area contributed by atoms with Gasteiger partial charge < -0.3 is 4.90 Å². The van der Waals surface area contributed by atoms with Gasteiger partial charge >= 0.3 is 0 Å². The molecule has 104 valence electrons. The third kappa shape index (κ3) is 3.17. The van der Waals surface area contributed by atoms with E-state index >= 15 is 0 Å². The van der Waals surface area contributed by atoms with Crippen molar-refractivity contribution in [3.05, 3.63) is 65.5 Å². The summed E-state index contributed by atoms with van der Waals surface area (Å²) in [7, 11) is 1.66. The first-order chi connectivity index (χ1) is 9.47. The zero-order valence-corrected chi connectivity index (χ0v) is 10.7. The van der Waals surface area contributed by atoms with Gasteiger partial charge in [0.05, 0.1) is 6.54 Å². The molecule has 0 saturated carbocycles. The second-order valence-corrected chi connectivity index (χ2v) is 4.38. The van der Waals surface area contributed by atoms with Crippen molar-refractivity contribution >= 4 is 11.5 Å². The van der Waals surface area contributed by atoms with Gasteiger partial charge in [-0.05, 0) is 42.5 Å². The van der Waals surface area contributed by atoms with Crippen LogP contribution >= 0.6 is 0 Å². The van der Waals surface area contributed by atoms with Crippen LogP contribution < -0.4 is 4.90 Å². The number of carbonyl (C=O) groups is 1. The molecule has 2 nitrogen and oxygen atoms in total. The number of ketones is 1. The van der Waals surface area contributed by atoms with E-state index < -0.39 is 11.6 Å². The Hall–Kier alpha value is -2.30. The van der Waals surface area contributed by atoms with Crippen LogP contribution in [-0.2, 0) is 0 Å². The van der Waals surface area contributed by atoms with Gasteiger partial charge in [-0.1, -0.05) is 0 Å². The largest absolute Gasteiger partial charge is 0.367 e. The number of carbonyl (C=O) groups excluding carboxylic acids is 1. The lowest BCUT2D eigenvalue weighted by Gasteiger charge is -2.18. The SMILES string of the molecule is CN(CC(=O)c1ccc(F)c(F)c1)c1ccc(F)cc1. The summed E-state index contributed by atoms with van der Waals surface area (Å²) >= 11 is 0. The molecule has 0 heterocycles. The number of likely N-dealkylation sites (N-methyl/N-ethyl adjacent to an activating group) is 1. The van der Waals surface area contributed by atoms with Crippen molar-refractivity contribution in [3.8, 4) is 0 Å². The van der Waals surface area contributed by atoms with E-state index in [0.29, 0.717) is 5.69 Å². The van der Waals surface area contributed by atoms with Crippen molar-refractivity contribution in [1.82, 2.24) is 0 Å². The second kappa shape index (κ2) is 5.77. The number of hydrogen-bond acceptors (Lipinski definition) is 2. The van der Waals surface area contributed by atoms with Gasteiger partial charge in [-0.3, -0.25) is 4.79 Å². The number of hydrogen-bond donors (Lipinski definition) is 0. The number of rotatable bonds is 4. The maximum absolute atomic E-state index is 13.1. The first-order valence-corrected chi connectivity index (χ1v) is 5.92. The molecule has 0 radical (unpaired) electrons. The van der Waals surface area contributed by atoms with Gasteiger partial charge in [-0.25, -0.2) is 13.2 Å². The molecule has 0 aliphatic heterocycles. The van der Waals surface area contributed by atoms with Gasteiger partial charge in [0, 0.05) is 18.3 Å². The zero-order chi connectivity index (χ0) is 14.7. The summed E-state index contributed by atoms with van der Waals surface area (Å²) in [6.45, 7) is -0.0172. The molecule has 0 unspecified atom stereocenters. The van der Waals surface area contributed by atoms with Crippen molar-refractivity contribution in [2.75, 3.05) is 18.5 Å². The van der Waals surface area contributed by atoms with Gasteiger partial charge in [0.2, 0.25) is 0 Å². The number of Topliss-reactive ketones (excluding diaryl/α,β-unsaturated/α-hetero) is 1. The molecule has 0 fully saturated rings. The maximum atomic E-state index is 13.1. The smallest absolute Gasteiger partial charge is 0.182 e. The fraction of sp³-hybridized carbons (Fsp3) is 0.133. The molecule has 0 spiro atoms. The van der Waals surface area contributed by atoms with E-state index in [1.165, 1.54) is 30.3 Å². The predicted molar refractivity (Wildman–Crippen MR) is 70.4 cm³/mol. The number of halogens is 3. The number of anilines is 1. The molecular weight excluding hydrogens is 267 g/mol. The summed E-state index contributed by atoms with van der Waals surface area (Å²) in [5.74, 6) is -2.77. The summed E-state index contributed by atoms with van der Waals surface area (Å²) in [5, 5.41) is 0. The average molecular weight is 279 g/mol. The second-order valence-electron chi connectivity index (χ2n) is 4.38. The molecule has 0 bridgehead atoms. The molecule has 0 aliphatic carbocycles. The highest BCUT2D eigenvalue weighted by Crippen LogP contribution is 2.15. The Kier molecular flexibility index (Phi) is 4.08. The molecule has 0 N–H and O–H groups in total. The molecule has 0 aliphatic rings. The van der Waals surface area contributed by atoms with Crippen LogP contribution in [0.1, 0.15) is 10.4 Å². The number of nitrogens with zero attached hydrogens (tertiary/aromatic N) is 1. The van der Waals surface area contributed by atoms with Crippen LogP contribution in [-0.4, -0.2) is 19.4 Å². The van der Waals surface area contributed by atoms with E-state index in [4.69, 9.17) is 0 Å². The van der Waals surface area contributed by atoms with Gasteiger partial charge in [-0.15, -0.1) is 0 Å². The van der Waals surface area contributed by atoms with Crippen LogP contribution in [0.3, 0.4) is 0 Å². The molecule has 0 aromatic heterocycles. The summed E-state index contributed by atoms with van der Waals surface area (Å²) < 4.78 is 38.7. The summed E-state index contributed by atoms with van der Waals surface area (Å²) in [5.41, 5.74) is 0.750. The van der Waals surface area contributed by atoms with E-state index in [1.54, 1.807) is 11.9 Å². The van der Waals surface area contributed by atoms with Gasteiger partial charge in [0.25, 0.3) is 0 Å². The Morgan fingerprint density at radius 1 is 1.00 bits per heavy atom. The van der Waals surface area contributed by atoms with E-state index in [0.717, 1.165) is 12.1 Å². The van der Waals surface area contributed by atoms with E-state index in [2.05, 4.69) is 0 Å². The Morgan fingerprint density at radius 2 is 1.65 bits per heavy atom. The van der Waals surface area contributed by atoms with Crippen molar-refractivity contribution in [1.29, 1.82) is 0 Å². The standard InChI is InChI=1S/C15H12F3NO/c1-19(12-5-3-11(16)4-6-12)9-15(20)10-2-7-13(17)14(18)8-10/h2-8H,9H2,1H3. The third-order valence-electron chi connectivity index (χ3n) is 2.89. The van der Waals surface area contributed by atoms with Crippen LogP contribution in [0.4, 0.5) is 18.9 Å². The fourth-order valence-corrected chi connectivity index (χ4v) is 1.76. The van der Waals surface area contributed by atoms with Crippen LogP contribution in [0.25, 0.3) is 0 Å². The van der Waals surface area contributed by atoms with Gasteiger partial charge in [-0.2, -0.15) is 0 Å². The van der Waals surface area contributed by atoms with Crippen molar-refractivity contribution < 1.29 is 18.0 Å². The molecule has 5 heteroatoms. The first-order valence-electron chi connectivity index (χ1n) is 5.92. The van der Waals surface area contributed by atoms with E-state index in [-0.39, 0.29) is 23.7 Å². The molecule has 20 heavy (non-hydrogen) atoms. The lowest BCUT2D eigenvalue weighted by atomic mass is 10.1. The lowest BCUT2D eigenvalue weighted by Crippen LogP contribution is -2.25. The molecule has 2 aromatic rings. The predicted octanol–water partition coefficient (Wildman–Crippen LogP) is 3.42. The quantitative estimate of drug-likeness (QED) is 0.799. The molecule has 2 rings (SSSR count). The van der Waals surface area contributed by atoms with Crippen molar-refractivity contribution in [2.24, 2.45) is 0 Å². The van der Waals surface area contributed by atoms with Crippen LogP contribution in [0.2, 0.25) is 0 Å². The van der Waals surface area contributed by atoms with Crippen LogP contribution in [0.15, 0.2) is 42.5 Å². The van der Waals surface area contributed by atoms with Crippen molar-refractivity contribution in [2.45, 2.75) is 0 Å². The third-order valence-corrected chi connectivity index (χ3v) is 2.89. The lowest BCUT2D eigenvalue weighted by molar-refractivity contribution is 0.1000. The topological polar surface area (TPSA) is 20.3 Å². The fourth-order valence-electron chi connectivity index (χ4n) is 1.76. The van der Waals surface area contributed by atoms with E-state index in [1.807, 2.05) is 0 Å². The minimum atomic E-state index is -1.06. The monoisotopic (exact) mass is 279 g/mol. The average Bonchev–Trinajstić information content (AvgIpc) is 2.42. The molecule has 2 aromatic carbocycles. The highest BCUT2D eigenvalue weighted by Gasteiger charge is 2.12. The highest BCUT2D eigenvalue weighted by atomic mass is 19.2. The molecular formula is C15H12F3NO. The Bertz CT molecular complexity index is 626. The summed E-state index contributed by atoms with van der Waals surface area (Å²) in [4.78, 5) is 13.6. The Balaban J connectivity index is 2.10. The molecule has 0 atom stereocenters. The van der Waals surface area contributed by atoms with Gasteiger partial charge in [0.1, 0.15) is 5.82 Å². The summed E-state index contributed by atoms with van der Waals surface area (Å²) in [6.07, 6.45) is 0. The highest BCUT2D eigenvalue weighted by molar-refractivity contribution is 5.99. The first kappa shape index (κ1) is 14.1.